The first-order valence-corrected chi connectivity index (χ1v) is 10.6. The highest BCUT2D eigenvalue weighted by Gasteiger charge is 2.30. The third-order valence-electron chi connectivity index (χ3n) is 5.61. The molecule has 5 aromatic rings. The van der Waals surface area contributed by atoms with Gasteiger partial charge in [0.2, 0.25) is 0 Å². The standard InChI is InChI=1S/C25H16F3N5O3/c26-25(27,28)16-5-1-15(2-6-16)23(31-17-7-3-14(4-8-17)21-12-29-13-30-21)22-19-11-18(33(35)36)9-10-20(19)32-24(22)34/h1-13,32,34H,(H,29,30). The lowest BCUT2D eigenvalue weighted by molar-refractivity contribution is -0.384. The number of alkyl halides is 3. The van der Waals surface area contributed by atoms with Crippen LogP contribution in [0.3, 0.4) is 0 Å². The Hall–Kier alpha value is -4.93. The van der Waals surface area contributed by atoms with Gasteiger partial charge >= 0.3 is 6.18 Å². The monoisotopic (exact) mass is 491 g/mol. The number of imidazole rings is 1. The Balaban J connectivity index is 1.68. The Morgan fingerprint density at radius 2 is 1.75 bits per heavy atom. The zero-order valence-corrected chi connectivity index (χ0v) is 18.2. The second-order valence-electron chi connectivity index (χ2n) is 7.88. The molecule has 8 nitrogen and oxygen atoms in total. The largest absolute Gasteiger partial charge is 0.494 e. The summed E-state index contributed by atoms with van der Waals surface area (Å²) in [6, 6.07) is 15.3. The molecule has 180 valence electrons. The van der Waals surface area contributed by atoms with Crippen LogP contribution in [0, 0.1) is 10.1 Å². The van der Waals surface area contributed by atoms with Crippen LogP contribution in [0.2, 0.25) is 0 Å². The number of halogens is 3. The number of H-pyrrole nitrogens is 2. The van der Waals surface area contributed by atoms with E-state index in [0.717, 1.165) is 23.4 Å². The summed E-state index contributed by atoms with van der Waals surface area (Å²) in [5, 5.41) is 22.4. The topological polar surface area (TPSA) is 120 Å². The molecule has 0 fully saturated rings. The highest BCUT2D eigenvalue weighted by Crippen LogP contribution is 2.35. The molecule has 0 aliphatic carbocycles. The third-order valence-corrected chi connectivity index (χ3v) is 5.61. The van der Waals surface area contributed by atoms with E-state index in [1.165, 1.54) is 30.3 Å². The van der Waals surface area contributed by atoms with E-state index < -0.39 is 16.7 Å². The van der Waals surface area contributed by atoms with Crippen LogP contribution in [0.15, 0.2) is 84.2 Å². The van der Waals surface area contributed by atoms with Gasteiger partial charge in [-0.15, -0.1) is 0 Å². The maximum Gasteiger partial charge on any atom is 0.416 e. The number of hydrogen-bond donors (Lipinski definition) is 3. The molecule has 2 heterocycles. The Morgan fingerprint density at radius 1 is 1.03 bits per heavy atom. The number of aliphatic imine (C=N–C) groups is 1. The van der Waals surface area contributed by atoms with Crippen LogP contribution in [0.25, 0.3) is 22.2 Å². The fourth-order valence-corrected chi connectivity index (χ4v) is 3.86. The number of aromatic nitrogens is 3. The molecule has 11 heteroatoms. The summed E-state index contributed by atoms with van der Waals surface area (Å²) in [6.07, 6.45) is -1.33. The van der Waals surface area contributed by atoms with E-state index in [1.54, 1.807) is 36.8 Å². The van der Waals surface area contributed by atoms with Gasteiger partial charge in [0.1, 0.15) is 0 Å². The molecule has 0 atom stereocenters. The summed E-state index contributed by atoms with van der Waals surface area (Å²) in [5.74, 6) is -0.321. The molecular weight excluding hydrogens is 475 g/mol. The van der Waals surface area contributed by atoms with Crippen molar-refractivity contribution in [2.75, 3.05) is 0 Å². The number of rotatable bonds is 5. The smallest absolute Gasteiger partial charge is 0.416 e. The molecule has 0 radical (unpaired) electrons. The van der Waals surface area contributed by atoms with Crippen molar-refractivity contribution in [2.24, 2.45) is 4.99 Å². The third kappa shape index (κ3) is 4.29. The van der Waals surface area contributed by atoms with Crippen molar-refractivity contribution in [2.45, 2.75) is 6.18 Å². The van der Waals surface area contributed by atoms with Gasteiger partial charge in [-0.25, -0.2) is 9.98 Å². The van der Waals surface area contributed by atoms with Gasteiger partial charge in [-0.2, -0.15) is 13.2 Å². The summed E-state index contributed by atoms with van der Waals surface area (Å²) < 4.78 is 39.4. The van der Waals surface area contributed by atoms with Crippen LogP contribution in [0.4, 0.5) is 24.5 Å². The van der Waals surface area contributed by atoms with Crippen LogP contribution < -0.4 is 0 Å². The Labute approximate surface area is 200 Å². The SMILES string of the molecule is O=[N+]([O-])c1ccc2[nH]c(O)c(C(=Nc3ccc(-c4cnc[nH]4)cc3)c3ccc(C(F)(F)F)cc3)c2c1. The number of hydrogen-bond acceptors (Lipinski definition) is 5. The molecule has 0 saturated heterocycles. The van der Waals surface area contributed by atoms with E-state index in [4.69, 9.17) is 0 Å². The number of aromatic hydroxyl groups is 1. The van der Waals surface area contributed by atoms with Gasteiger partial charge in [-0.3, -0.25) is 10.1 Å². The van der Waals surface area contributed by atoms with E-state index in [-0.39, 0.29) is 28.4 Å². The first-order valence-electron chi connectivity index (χ1n) is 10.6. The average Bonchev–Trinajstić information content (AvgIpc) is 3.50. The number of benzene rings is 3. The molecule has 0 unspecified atom stereocenters. The molecule has 0 amide bonds. The van der Waals surface area contributed by atoms with Gasteiger partial charge in [0.15, 0.2) is 5.88 Å². The highest BCUT2D eigenvalue weighted by atomic mass is 19.4. The molecule has 0 bridgehead atoms. The number of fused-ring (bicyclic) bond motifs is 1. The van der Waals surface area contributed by atoms with Gasteiger partial charge in [-0.05, 0) is 35.9 Å². The number of nitrogens with zero attached hydrogens (tertiary/aromatic N) is 3. The van der Waals surface area contributed by atoms with Crippen LogP contribution in [-0.4, -0.2) is 30.7 Å². The van der Waals surface area contributed by atoms with Crippen molar-refractivity contribution < 1.29 is 23.2 Å². The molecular formula is C25H16F3N5O3. The summed E-state index contributed by atoms with van der Waals surface area (Å²) >= 11 is 0. The molecule has 0 aliphatic heterocycles. The van der Waals surface area contributed by atoms with Crippen LogP contribution >= 0.6 is 0 Å². The van der Waals surface area contributed by atoms with Crippen molar-refractivity contribution in [3.05, 3.63) is 106 Å². The van der Waals surface area contributed by atoms with Crippen molar-refractivity contribution in [1.29, 1.82) is 0 Å². The molecule has 5 rings (SSSR count). The zero-order valence-electron chi connectivity index (χ0n) is 18.2. The number of aromatic amines is 2. The van der Waals surface area contributed by atoms with Crippen molar-refractivity contribution >= 4 is 28.0 Å². The molecule has 0 spiro atoms. The van der Waals surface area contributed by atoms with E-state index in [0.29, 0.717) is 16.6 Å². The molecule has 2 aromatic heterocycles. The fraction of sp³-hybridized carbons (Fsp3) is 0.0400. The minimum Gasteiger partial charge on any atom is -0.494 e. The normalized spacial score (nSPS) is 12.2. The van der Waals surface area contributed by atoms with Gasteiger partial charge in [0.05, 0.1) is 45.7 Å². The Morgan fingerprint density at radius 3 is 2.36 bits per heavy atom. The maximum absolute atomic E-state index is 13.1. The lowest BCUT2D eigenvalue weighted by Gasteiger charge is -2.11. The van der Waals surface area contributed by atoms with Gasteiger partial charge in [0.25, 0.3) is 5.69 Å². The summed E-state index contributed by atoms with van der Waals surface area (Å²) in [7, 11) is 0. The van der Waals surface area contributed by atoms with Gasteiger partial charge in [-0.1, -0.05) is 24.3 Å². The maximum atomic E-state index is 13.1. The van der Waals surface area contributed by atoms with Crippen molar-refractivity contribution in [3.63, 3.8) is 0 Å². The van der Waals surface area contributed by atoms with E-state index in [1.807, 2.05) is 0 Å². The van der Waals surface area contributed by atoms with Crippen molar-refractivity contribution in [1.82, 2.24) is 15.0 Å². The second kappa shape index (κ2) is 8.69. The van der Waals surface area contributed by atoms with E-state index in [2.05, 4.69) is 19.9 Å². The number of nitro groups is 1. The first-order chi connectivity index (χ1) is 17.2. The number of nitro benzene ring substituents is 1. The van der Waals surface area contributed by atoms with Gasteiger partial charge in [0, 0.05) is 28.6 Å². The predicted molar refractivity (Wildman–Crippen MR) is 127 cm³/mol. The average molecular weight is 491 g/mol. The molecule has 36 heavy (non-hydrogen) atoms. The molecule has 0 aliphatic rings. The van der Waals surface area contributed by atoms with Gasteiger partial charge < -0.3 is 15.1 Å². The van der Waals surface area contributed by atoms with E-state index >= 15 is 0 Å². The highest BCUT2D eigenvalue weighted by molar-refractivity contribution is 6.22. The lowest BCUT2D eigenvalue weighted by atomic mass is 9.99. The number of nitrogens with one attached hydrogen (secondary N) is 2. The minimum atomic E-state index is -4.53. The first kappa shape index (κ1) is 22.8. The quantitative estimate of drug-likeness (QED) is 0.150. The Bertz CT molecular complexity index is 1590. The number of non-ortho nitro benzene ring substituents is 1. The Kier molecular flexibility index (Phi) is 5.51. The van der Waals surface area contributed by atoms with Crippen LogP contribution in [0.1, 0.15) is 16.7 Å². The van der Waals surface area contributed by atoms with E-state index in [9.17, 15) is 28.4 Å². The molecule has 3 aromatic carbocycles. The molecule has 3 N–H and O–H groups in total. The van der Waals surface area contributed by atoms with Crippen molar-refractivity contribution in [3.8, 4) is 17.1 Å². The summed E-state index contributed by atoms with van der Waals surface area (Å²) in [5.41, 5.74) is 1.99. The summed E-state index contributed by atoms with van der Waals surface area (Å²) in [6.45, 7) is 0. The fourth-order valence-electron chi connectivity index (χ4n) is 3.86. The second-order valence-corrected chi connectivity index (χ2v) is 7.88. The predicted octanol–water partition coefficient (Wildman–Crippen LogP) is 6.36. The summed E-state index contributed by atoms with van der Waals surface area (Å²) in [4.78, 5) is 25.1. The minimum absolute atomic E-state index is 0.131. The molecule has 0 saturated carbocycles. The zero-order chi connectivity index (χ0) is 25.4. The van der Waals surface area contributed by atoms with Crippen LogP contribution in [0.5, 0.6) is 5.88 Å². The van der Waals surface area contributed by atoms with Crippen LogP contribution in [-0.2, 0) is 6.18 Å². The lowest BCUT2D eigenvalue weighted by Crippen LogP contribution is -2.07.